The first-order valence-electron chi connectivity index (χ1n) is 12.8. The number of nitrogens with zero attached hydrogens (tertiary/aromatic N) is 4. The summed E-state index contributed by atoms with van der Waals surface area (Å²) in [7, 11) is 1.79. The number of nitrogens with one attached hydrogen (secondary N) is 1. The Morgan fingerprint density at radius 3 is 2.94 bits per heavy atom. The zero-order valence-electron chi connectivity index (χ0n) is 20.8. The topological polar surface area (TPSA) is 53.4 Å². The first kappa shape index (κ1) is 22.3. The zero-order chi connectivity index (χ0) is 24.1. The van der Waals surface area contributed by atoms with Gasteiger partial charge in [0.05, 0.1) is 11.7 Å². The van der Waals surface area contributed by atoms with Crippen molar-refractivity contribution in [2.45, 2.75) is 51.4 Å². The molecule has 5 heterocycles. The predicted octanol–water partition coefficient (Wildman–Crippen LogP) is 3.68. The van der Waals surface area contributed by atoms with E-state index in [1.807, 2.05) is 6.07 Å². The molecule has 0 amide bonds. The van der Waals surface area contributed by atoms with Crippen LogP contribution in [0.3, 0.4) is 0 Å². The Labute approximate surface area is 208 Å². The van der Waals surface area contributed by atoms with Gasteiger partial charge in [0.2, 0.25) is 0 Å². The van der Waals surface area contributed by atoms with Crippen LogP contribution in [0.2, 0.25) is 0 Å². The molecule has 0 radical (unpaired) electrons. The van der Waals surface area contributed by atoms with Crippen LogP contribution >= 0.6 is 0 Å². The first-order valence-corrected chi connectivity index (χ1v) is 12.8. The van der Waals surface area contributed by atoms with Crippen LogP contribution in [0, 0.1) is 17.8 Å². The number of fused-ring (bicyclic) bond motifs is 4. The standard InChI is InChI=1S/C29H33N5O.H2/c1-4-23-13-21(15-31-23)8-7-20-9-10-24-22(12-20)17-34-19(2)16-33(18-27(24)34)26-14-28(35)32(3)29-25(26)6-5-11-30-29;/h5-6,9-12,14,19,21,23,27,31H,4,13,15-18H2,1-3H3;1H/t19-,21?,23-,27-;/m1./s1. The predicted molar refractivity (Wildman–Crippen MR) is 143 cm³/mol. The highest BCUT2D eigenvalue weighted by Gasteiger charge is 2.39. The summed E-state index contributed by atoms with van der Waals surface area (Å²) in [6.45, 7) is 8.26. The van der Waals surface area contributed by atoms with Crippen molar-refractivity contribution in [3.05, 3.63) is 69.6 Å². The van der Waals surface area contributed by atoms with E-state index in [9.17, 15) is 4.79 Å². The molecule has 3 aromatic rings. The van der Waals surface area contributed by atoms with Crippen LogP contribution < -0.4 is 15.8 Å². The summed E-state index contributed by atoms with van der Waals surface area (Å²) in [5.41, 5.74) is 5.63. The number of hydrogen-bond acceptors (Lipinski definition) is 5. The van der Waals surface area contributed by atoms with Gasteiger partial charge in [-0.05, 0) is 55.2 Å². The third kappa shape index (κ3) is 3.93. The highest BCUT2D eigenvalue weighted by molar-refractivity contribution is 5.89. The lowest BCUT2D eigenvalue weighted by atomic mass is 9.99. The molecule has 2 aromatic heterocycles. The Hall–Kier alpha value is -3.14. The number of aromatic nitrogens is 2. The van der Waals surface area contributed by atoms with Crippen molar-refractivity contribution in [1.29, 1.82) is 0 Å². The Morgan fingerprint density at radius 1 is 1.23 bits per heavy atom. The summed E-state index contributed by atoms with van der Waals surface area (Å²) in [6.07, 6.45) is 4.09. The van der Waals surface area contributed by atoms with Gasteiger partial charge in [0, 0.05) is 75.9 Å². The van der Waals surface area contributed by atoms with Gasteiger partial charge in [-0.1, -0.05) is 24.8 Å². The molecule has 2 saturated heterocycles. The number of rotatable bonds is 2. The number of piperazine rings is 1. The SMILES string of the molecule is CC[C@@H]1CC(C#Cc2ccc3c(c2)CN2[C@H](C)CN(c4cc(=O)n(C)c5ncccc45)C[C@H]32)CN1.[HH]. The summed E-state index contributed by atoms with van der Waals surface area (Å²) < 4.78 is 1.63. The van der Waals surface area contributed by atoms with Crippen LogP contribution in [0.15, 0.2) is 47.4 Å². The van der Waals surface area contributed by atoms with Gasteiger partial charge in [-0.15, -0.1) is 0 Å². The van der Waals surface area contributed by atoms with Crippen LogP contribution in [0.25, 0.3) is 11.0 Å². The van der Waals surface area contributed by atoms with E-state index < -0.39 is 0 Å². The Bertz CT molecular complexity index is 1410. The quantitative estimate of drug-likeness (QED) is 0.581. The molecule has 4 atom stereocenters. The lowest BCUT2D eigenvalue weighted by Crippen LogP contribution is -2.51. The molecule has 0 bridgehead atoms. The number of aryl methyl sites for hydroxylation is 1. The summed E-state index contributed by atoms with van der Waals surface area (Å²) in [6, 6.07) is 13.9. The van der Waals surface area contributed by atoms with Gasteiger partial charge in [0.15, 0.2) is 0 Å². The molecule has 1 unspecified atom stereocenters. The second-order valence-electron chi connectivity index (χ2n) is 10.4. The van der Waals surface area contributed by atoms with Crippen LogP contribution in [0.1, 0.15) is 50.8 Å². The second-order valence-corrected chi connectivity index (χ2v) is 10.4. The molecule has 1 aromatic carbocycles. The maximum absolute atomic E-state index is 12.7. The van der Waals surface area contributed by atoms with Crippen LogP contribution in [0.5, 0.6) is 0 Å². The monoisotopic (exact) mass is 469 g/mol. The minimum Gasteiger partial charge on any atom is -0.367 e. The summed E-state index contributed by atoms with van der Waals surface area (Å²) in [5, 5.41) is 4.60. The molecule has 0 spiro atoms. The number of benzene rings is 1. The van der Waals surface area contributed by atoms with Crippen molar-refractivity contribution < 1.29 is 1.43 Å². The van der Waals surface area contributed by atoms with E-state index in [1.165, 1.54) is 17.5 Å². The van der Waals surface area contributed by atoms with Gasteiger partial charge < -0.3 is 10.2 Å². The number of hydrogen-bond donors (Lipinski definition) is 1. The van der Waals surface area contributed by atoms with Crippen LogP contribution in [-0.4, -0.2) is 46.2 Å². The summed E-state index contributed by atoms with van der Waals surface area (Å²) in [5.74, 6) is 7.42. The second kappa shape index (κ2) is 8.82. The van der Waals surface area contributed by atoms with Crippen molar-refractivity contribution in [3.63, 3.8) is 0 Å². The van der Waals surface area contributed by atoms with E-state index in [0.717, 1.165) is 54.9 Å². The van der Waals surface area contributed by atoms with Crippen LogP contribution in [0.4, 0.5) is 5.69 Å². The molecule has 182 valence electrons. The fraction of sp³-hybridized carbons (Fsp3) is 0.448. The van der Waals surface area contributed by atoms with Gasteiger partial charge >= 0.3 is 0 Å². The average Bonchev–Trinajstić information content (AvgIpc) is 3.49. The smallest absolute Gasteiger partial charge is 0.253 e. The molecule has 3 aliphatic heterocycles. The zero-order valence-corrected chi connectivity index (χ0v) is 20.8. The van der Waals surface area contributed by atoms with Crippen molar-refractivity contribution in [2.24, 2.45) is 13.0 Å². The van der Waals surface area contributed by atoms with Gasteiger partial charge in [-0.25, -0.2) is 4.98 Å². The Kier molecular flexibility index (Phi) is 5.63. The third-order valence-corrected chi connectivity index (χ3v) is 8.15. The van der Waals surface area contributed by atoms with Crippen molar-refractivity contribution in [2.75, 3.05) is 24.5 Å². The van der Waals surface area contributed by atoms with E-state index in [4.69, 9.17) is 0 Å². The lowest BCUT2D eigenvalue weighted by Gasteiger charge is -2.43. The highest BCUT2D eigenvalue weighted by Crippen LogP contribution is 2.40. The fourth-order valence-electron chi connectivity index (χ4n) is 6.15. The maximum atomic E-state index is 12.7. The van der Waals surface area contributed by atoms with Crippen molar-refractivity contribution in [1.82, 2.24) is 19.8 Å². The molecular formula is C29H35N5O. The highest BCUT2D eigenvalue weighted by atomic mass is 16.1. The lowest BCUT2D eigenvalue weighted by molar-refractivity contribution is 0.134. The maximum Gasteiger partial charge on any atom is 0.253 e. The van der Waals surface area contributed by atoms with E-state index in [1.54, 1.807) is 23.9 Å². The van der Waals surface area contributed by atoms with Crippen molar-refractivity contribution >= 4 is 16.7 Å². The average molecular weight is 470 g/mol. The number of anilines is 1. The van der Waals surface area contributed by atoms with Gasteiger partial charge in [-0.2, -0.15) is 0 Å². The Morgan fingerprint density at radius 2 is 2.11 bits per heavy atom. The molecule has 6 nitrogen and oxygen atoms in total. The molecule has 35 heavy (non-hydrogen) atoms. The molecular weight excluding hydrogens is 434 g/mol. The van der Waals surface area contributed by atoms with E-state index in [-0.39, 0.29) is 6.99 Å². The largest absolute Gasteiger partial charge is 0.367 e. The van der Waals surface area contributed by atoms with Gasteiger partial charge in [0.1, 0.15) is 5.65 Å². The minimum absolute atomic E-state index is 0. The molecule has 0 saturated carbocycles. The third-order valence-electron chi connectivity index (χ3n) is 8.15. The number of pyridine rings is 2. The minimum atomic E-state index is -0.0148. The van der Waals surface area contributed by atoms with E-state index in [2.05, 4.69) is 70.1 Å². The van der Waals surface area contributed by atoms with Crippen molar-refractivity contribution in [3.8, 4) is 11.8 Å². The molecule has 3 aliphatic rings. The molecule has 6 rings (SSSR count). The normalized spacial score (nSPS) is 25.9. The van der Waals surface area contributed by atoms with Gasteiger partial charge in [0.25, 0.3) is 5.56 Å². The molecule has 1 N–H and O–H groups in total. The fourth-order valence-corrected chi connectivity index (χ4v) is 6.15. The molecule has 2 fully saturated rings. The first-order chi connectivity index (χ1) is 17.0. The van der Waals surface area contributed by atoms with E-state index >= 15 is 0 Å². The summed E-state index contributed by atoms with van der Waals surface area (Å²) >= 11 is 0. The molecule has 0 aliphatic carbocycles. The Balaban J connectivity index is 0.00000267. The van der Waals surface area contributed by atoms with Crippen LogP contribution in [-0.2, 0) is 13.6 Å². The molecule has 6 heteroatoms. The summed E-state index contributed by atoms with van der Waals surface area (Å²) in [4.78, 5) is 22.2. The van der Waals surface area contributed by atoms with E-state index in [0.29, 0.717) is 24.0 Å². The van der Waals surface area contributed by atoms with Gasteiger partial charge in [-0.3, -0.25) is 14.3 Å².